The smallest absolute Gasteiger partial charge is 0.323 e. The molecule has 25 heavy (non-hydrogen) atoms. The number of aromatic amines is 1. The molecule has 0 unspecified atom stereocenters. The van der Waals surface area contributed by atoms with Crippen molar-refractivity contribution in [2.24, 2.45) is 0 Å². The highest BCUT2D eigenvalue weighted by Gasteiger charge is 2.16. The molecule has 2 amide bonds. The number of fused-ring (bicyclic) bond motifs is 1. The van der Waals surface area contributed by atoms with Crippen LogP contribution in [0.4, 0.5) is 16.2 Å². The molecule has 3 heterocycles. The quantitative estimate of drug-likeness (QED) is 0.651. The highest BCUT2D eigenvalue weighted by atomic mass is 16.2. The summed E-state index contributed by atoms with van der Waals surface area (Å²) in [4.78, 5) is 24.0. The number of hydrogen-bond donors (Lipinski definition) is 3. The lowest BCUT2D eigenvalue weighted by molar-refractivity contribution is 0.262. The topological polar surface area (TPSA) is 82.7 Å². The standard InChI is InChI=1S/C19H21N5O/c25-19(24-18-12-22-17-8-9-20-11-15(17)18)23-14-6-7-16(21-10-14)13-4-2-1-3-5-13/h6-13,22H,1-5H2,(H2,23,24,25). The van der Waals surface area contributed by atoms with Crippen LogP contribution in [-0.4, -0.2) is 21.0 Å². The third-order valence-corrected chi connectivity index (χ3v) is 4.80. The maximum Gasteiger partial charge on any atom is 0.323 e. The molecule has 0 aliphatic heterocycles. The fraction of sp³-hybridized carbons (Fsp3) is 0.316. The van der Waals surface area contributed by atoms with Gasteiger partial charge in [-0.15, -0.1) is 0 Å². The van der Waals surface area contributed by atoms with Gasteiger partial charge in [-0.3, -0.25) is 9.97 Å². The SMILES string of the molecule is O=C(Nc1ccc(C2CCCCC2)nc1)Nc1c[nH]c2ccncc12. The average Bonchev–Trinajstić information content (AvgIpc) is 3.06. The molecule has 128 valence electrons. The lowest BCUT2D eigenvalue weighted by Crippen LogP contribution is -2.19. The normalized spacial score (nSPS) is 15.2. The van der Waals surface area contributed by atoms with Gasteiger partial charge in [0.15, 0.2) is 0 Å². The first-order chi connectivity index (χ1) is 12.3. The number of rotatable bonds is 3. The van der Waals surface area contributed by atoms with Gasteiger partial charge in [-0.25, -0.2) is 4.79 Å². The molecule has 0 bridgehead atoms. The molecule has 1 saturated carbocycles. The predicted molar refractivity (Wildman–Crippen MR) is 98.8 cm³/mol. The molecule has 0 saturated heterocycles. The third kappa shape index (κ3) is 3.47. The number of nitrogens with one attached hydrogen (secondary N) is 3. The summed E-state index contributed by atoms with van der Waals surface area (Å²) in [6, 6.07) is 5.53. The Morgan fingerprint density at radius 2 is 1.96 bits per heavy atom. The molecule has 1 aliphatic rings. The van der Waals surface area contributed by atoms with Gasteiger partial charge < -0.3 is 15.6 Å². The van der Waals surface area contributed by atoms with Crippen LogP contribution in [-0.2, 0) is 0 Å². The Bertz CT molecular complexity index is 865. The first-order valence-corrected chi connectivity index (χ1v) is 8.74. The van der Waals surface area contributed by atoms with Crippen LogP contribution in [0, 0.1) is 0 Å². The Labute approximate surface area is 146 Å². The predicted octanol–water partition coefficient (Wildman–Crippen LogP) is 4.65. The molecule has 3 aromatic heterocycles. The fourth-order valence-electron chi connectivity index (χ4n) is 3.47. The Kier molecular flexibility index (Phi) is 4.33. The van der Waals surface area contributed by atoms with Crippen LogP contribution in [0.3, 0.4) is 0 Å². The molecule has 0 radical (unpaired) electrons. The lowest BCUT2D eigenvalue weighted by Gasteiger charge is -2.21. The molecule has 6 nitrogen and oxygen atoms in total. The Morgan fingerprint density at radius 1 is 1.08 bits per heavy atom. The number of H-pyrrole nitrogens is 1. The van der Waals surface area contributed by atoms with Crippen LogP contribution >= 0.6 is 0 Å². The van der Waals surface area contributed by atoms with E-state index in [-0.39, 0.29) is 6.03 Å². The van der Waals surface area contributed by atoms with Crippen LogP contribution < -0.4 is 10.6 Å². The molecular weight excluding hydrogens is 314 g/mol. The summed E-state index contributed by atoms with van der Waals surface area (Å²) in [5, 5.41) is 6.55. The zero-order valence-corrected chi connectivity index (χ0v) is 14.0. The van der Waals surface area contributed by atoms with Gasteiger partial charge in [-0.05, 0) is 31.0 Å². The van der Waals surface area contributed by atoms with Crippen molar-refractivity contribution in [3.8, 4) is 0 Å². The van der Waals surface area contributed by atoms with Crippen molar-refractivity contribution in [2.75, 3.05) is 10.6 Å². The van der Waals surface area contributed by atoms with Crippen molar-refractivity contribution >= 4 is 28.3 Å². The molecule has 0 atom stereocenters. The minimum Gasteiger partial charge on any atom is -0.359 e. The van der Waals surface area contributed by atoms with E-state index in [1.807, 2.05) is 18.2 Å². The van der Waals surface area contributed by atoms with E-state index < -0.39 is 0 Å². The van der Waals surface area contributed by atoms with E-state index >= 15 is 0 Å². The second-order valence-corrected chi connectivity index (χ2v) is 6.51. The minimum atomic E-state index is -0.294. The summed E-state index contributed by atoms with van der Waals surface area (Å²) in [7, 11) is 0. The Hall–Kier alpha value is -2.89. The summed E-state index contributed by atoms with van der Waals surface area (Å²) < 4.78 is 0. The number of carbonyl (C=O) groups is 1. The van der Waals surface area contributed by atoms with Crippen molar-refractivity contribution < 1.29 is 4.79 Å². The lowest BCUT2D eigenvalue weighted by atomic mass is 9.87. The second kappa shape index (κ2) is 6.93. The minimum absolute atomic E-state index is 0.294. The summed E-state index contributed by atoms with van der Waals surface area (Å²) in [6.45, 7) is 0. The van der Waals surface area contributed by atoms with Crippen LogP contribution in [0.2, 0.25) is 0 Å². The maximum atomic E-state index is 12.2. The highest BCUT2D eigenvalue weighted by Crippen LogP contribution is 2.31. The fourth-order valence-corrected chi connectivity index (χ4v) is 3.47. The van der Waals surface area contributed by atoms with Crippen molar-refractivity contribution in [1.82, 2.24) is 15.0 Å². The first-order valence-electron chi connectivity index (χ1n) is 8.74. The Balaban J connectivity index is 1.40. The summed E-state index contributed by atoms with van der Waals surface area (Å²) in [6.07, 6.45) is 13.3. The van der Waals surface area contributed by atoms with E-state index in [4.69, 9.17) is 0 Å². The number of anilines is 2. The monoisotopic (exact) mass is 335 g/mol. The van der Waals surface area contributed by atoms with Crippen molar-refractivity contribution in [1.29, 1.82) is 0 Å². The van der Waals surface area contributed by atoms with Crippen molar-refractivity contribution in [2.45, 2.75) is 38.0 Å². The Morgan fingerprint density at radius 3 is 2.76 bits per heavy atom. The van der Waals surface area contributed by atoms with Crippen LogP contribution in [0.25, 0.3) is 10.9 Å². The summed E-state index contributed by atoms with van der Waals surface area (Å²) >= 11 is 0. The molecule has 1 fully saturated rings. The molecule has 6 heteroatoms. The van der Waals surface area contributed by atoms with Gasteiger partial charge >= 0.3 is 6.03 Å². The van der Waals surface area contributed by atoms with E-state index in [9.17, 15) is 4.79 Å². The van der Waals surface area contributed by atoms with Gasteiger partial charge in [0.1, 0.15) is 0 Å². The largest absolute Gasteiger partial charge is 0.359 e. The molecule has 3 aromatic rings. The third-order valence-electron chi connectivity index (χ3n) is 4.80. The van der Waals surface area contributed by atoms with Crippen molar-refractivity contribution in [3.63, 3.8) is 0 Å². The molecule has 0 spiro atoms. The highest BCUT2D eigenvalue weighted by molar-refractivity contribution is 6.05. The number of pyridine rings is 2. The van der Waals surface area contributed by atoms with Gasteiger partial charge in [-0.1, -0.05) is 19.3 Å². The molecule has 3 N–H and O–H groups in total. The molecular formula is C19H21N5O. The number of amides is 2. The first kappa shape index (κ1) is 15.6. The van der Waals surface area contributed by atoms with E-state index in [0.29, 0.717) is 17.3 Å². The average molecular weight is 335 g/mol. The summed E-state index contributed by atoms with van der Waals surface area (Å²) in [5.74, 6) is 0.565. The zero-order valence-electron chi connectivity index (χ0n) is 14.0. The van der Waals surface area contributed by atoms with Crippen molar-refractivity contribution in [3.05, 3.63) is 48.7 Å². The van der Waals surface area contributed by atoms with E-state index in [1.54, 1.807) is 24.8 Å². The summed E-state index contributed by atoms with van der Waals surface area (Å²) in [5.41, 5.74) is 3.46. The van der Waals surface area contributed by atoms with Gasteiger partial charge in [0.25, 0.3) is 0 Å². The number of urea groups is 1. The van der Waals surface area contributed by atoms with Crippen LogP contribution in [0.5, 0.6) is 0 Å². The zero-order chi connectivity index (χ0) is 17.1. The number of nitrogens with zero attached hydrogens (tertiary/aromatic N) is 2. The van der Waals surface area contributed by atoms with Gasteiger partial charge in [0.05, 0.1) is 23.1 Å². The second-order valence-electron chi connectivity index (χ2n) is 6.51. The van der Waals surface area contributed by atoms with Crippen LogP contribution in [0.1, 0.15) is 43.7 Å². The van der Waals surface area contributed by atoms with E-state index in [1.165, 1.54) is 32.1 Å². The maximum absolute atomic E-state index is 12.2. The number of aromatic nitrogens is 3. The number of carbonyl (C=O) groups excluding carboxylic acids is 1. The number of hydrogen-bond acceptors (Lipinski definition) is 3. The molecule has 4 rings (SSSR count). The van der Waals surface area contributed by atoms with Crippen LogP contribution in [0.15, 0.2) is 43.0 Å². The van der Waals surface area contributed by atoms with Gasteiger partial charge in [0.2, 0.25) is 0 Å². The van der Waals surface area contributed by atoms with Gasteiger partial charge in [-0.2, -0.15) is 0 Å². The molecule has 0 aromatic carbocycles. The van der Waals surface area contributed by atoms with Gasteiger partial charge in [0, 0.05) is 35.6 Å². The molecule has 1 aliphatic carbocycles. The van der Waals surface area contributed by atoms with E-state index in [0.717, 1.165) is 16.6 Å². The van der Waals surface area contributed by atoms with E-state index in [2.05, 4.69) is 25.6 Å².